The third-order valence-corrected chi connectivity index (χ3v) is 4.10. The Labute approximate surface area is 94.0 Å². The zero-order valence-corrected chi connectivity index (χ0v) is 10.6. The van der Waals surface area contributed by atoms with E-state index in [1.165, 1.54) is 19.3 Å². The van der Waals surface area contributed by atoms with Crippen molar-refractivity contribution < 1.29 is 4.74 Å². The van der Waals surface area contributed by atoms with Crippen molar-refractivity contribution in [3.05, 3.63) is 0 Å². The summed E-state index contributed by atoms with van der Waals surface area (Å²) in [6.07, 6.45) is 3.79. The largest absolute Gasteiger partial charge is 0.374 e. The molecule has 0 amide bonds. The summed E-state index contributed by atoms with van der Waals surface area (Å²) in [6, 6.07) is 1.38. The minimum absolute atomic E-state index is 0.221. The monoisotopic (exact) mass is 211 g/mol. The van der Waals surface area contributed by atoms with Gasteiger partial charge in [0.1, 0.15) is 0 Å². The maximum Gasteiger partial charge on any atom is 0.0824 e. The highest BCUT2D eigenvalue weighted by Gasteiger charge is 2.48. The second-order valence-corrected chi connectivity index (χ2v) is 5.92. The number of ether oxygens (including phenoxy) is 1. The van der Waals surface area contributed by atoms with Crippen molar-refractivity contribution in [2.24, 2.45) is 5.92 Å². The minimum Gasteiger partial charge on any atom is -0.374 e. The van der Waals surface area contributed by atoms with Crippen LogP contribution in [-0.4, -0.2) is 35.7 Å². The maximum absolute atomic E-state index is 6.02. The molecule has 15 heavy (non-hydrogen) atoms. The van der Waals surface area contributed by atoms with Crippen molar-refractivity contribution in [1.82, 2.24) is 4.90 Å². The van der Waals surface area contributed by atoms with Gasteiger partial charge in [-0.05, 0) is 39.0 Å². The molecule has 0 saturated carbocycles. The van der Waals surface area contributed by atoms with Gasteiger partial charge in [0.05, 0.1) is 5.60 Å². The number of rotatable bonds is 2. The van der Waals surface area contributed by atoms with Gasteiger partial charge in [-0.1, -0.05) is 13.8 Å². The number of nitrogens with zero attached hydrogens (tertiary/aromatic N) is 1. The van der Waals surface area contributed by atoms with Crippen molar-refractivity contribution in [2.45, 2.75) is 64.6 Å². The summed E-state index contributed by atoms with van der Waals surface area (Å²) in [7, 11) is 0. The third kappa shape index (κ3) is 2.07. The standard InChI is InChI=1S/C13H25NO/c1-10(2)12-8-13(6-5-7-15-13)9-14(12)11(3)4/h10-12H,5-9H2,1-4H3. The second kappa shape index (κ2) is 4.06. The van der Waals surface area contributed by atoms with Crippen LogP contribution in [0.4, 0.5) is 0 Å². The number of likely N-dealkylation sites (tertiary alicyclic amines) is 1. The molecule has 2 unspecified atom stereocenters. The molecule has 2 rings (SSSR count). The van der Waals surface area contributed by atoms with E-state index in [9.17, 15) is 0 Å². The Morgan fingerprint density at radius 2 is 2.00 bits per heavy atom. The van der Waals surface area contributed by atoms with Gasteiger partial charge < -0.3 is 4.74 Å². The van der Waals surface area contributed by atoms with Crippen LogP contribution in [0.5, 0.6) is 0 Å². The maximum atomic E-state index is 6.02. The van der Waals surface area contributed by atoms with Gasteiger partial charge in [-0.15, -0.1) is 0 Å². The molecule has 0 aromatic heterocycles. The summed E-state index contributed by atoms with van der Waals surface area (Å²) >= 11 is 0. The van der Waals surface area contributed by atoms with Crippen LogP contribution in [0.1, 0.15) is 47.0 Å². The number of hydrogen-bond donors (Lipinski definition) is 0. The Morgan fingerprint density at radius 1 is 1.27 bits per heavy atom. The first-order valence-electron chi connectivity index (χ1n) is 6.44. The quantitative estimate of drug-likeness (QED) is 0.696. The molecule has 2 aliphatic rings. The first-order chi connectivity index (χ1) is 7.04. The average Bonchev–Trinajstić information content (AvgIpc) is 2.74. The molecule has 88 valence electrons. The summed E-state index contributed by atoms with van der Waals surface area (Å²) in [5, 5.41) is 0. The van der Waals surface area contributed by atoms with Crippen LogP contribution in [0.2, 0.25) is 0 Å². The van der Waals surface area contributed by atoms with Crippen molar-refractivity contribution in [1.29, 1.82) is 0 Å². The fourth-order valence-corrected chi connectivity index (χ4v) is 3.24. The van der Waals surface area contributed by atoms with Crippen LogP contribution in [0.3, 0.4) is 0 Å². The predicted molar refractivity (Wildman–Crippen MR) is 63.0 cm³/mol. The Balaban J connectivity index is 2.11. The highest BCUT2D eigenvalue weighted by atomic mass is 16.5. The van der Waals surface area contributed by atoms with E-state index in [4.69, 9.17) is 4.74 Å². The summed E-state index contributed by atoms with van der Waals surface area (Å²) in [5.41, 5.74) is 0.221. The Morgan fingerprint density at radius 3 is 2.40 bits per heavy atom. The SMILES string of the molecule is CC(C)C1CC2(CCCO2)CN1C(C)C. The molecular formula is C13H25NO. The van der Waals surface area contributed by atoms with Crippen molar-refractivity contribution >= 4 is 0 Å². The van der Waals surface area contributed by atoms with E-state index in [2.05, 4.69) is 32.6 Å². The molecule has 2 heteroatoms. The van der Waals surface area contributed by atoms with Crippen LogP contribution < -0.4 is 0 Å². The molecule has 0 aromatic rings. The molecule has 1 spiro atoms. The fraction of sp³-hybridized carbons (Fsp3) is 1.00. The Kier molecular flexibility index (Phi) is 3.09. The van der Waals surface area contributed by atoms with E-state index >= 15 is 0 Å². The van der Waals surface area contributed by atoms with Crippen LogP contribution in [-0.2, 0) is 4.74 Å². The normalized spacial score (nSPS) is 37.6. The lowest BCUT2D eigenvalue weighted by atomic mass is 9.92. The first kappa shape index (κ1) is 11.4. The second-order valence-electron chi connectivity index (χ2n) is 5.92. The lowest BCUT2D eigenvalue weighted by molar-refractivity contribution is 0.0104. The molecule has 2 fully saturated rings. The van der Waals surface area contributed by atoms with E-state index in [1.54, 1.807) is 0 Å². The van der Waals surface area contributed by atoms with E-state index in [-0.39, 0.29) is 5.60 Å². The average molecular weight is 211 g/mol. The molecule has 2 nitrogen and oxygen atoms in total. The molecule has 0 aliphatic carbocycles. The van der Waals surface area contributed by atoms with Gasteiger partial charge in [0, 0.05) is 25.2 Å². The third-order valence-electron chi connectivity index (χ3n) is 4.10. The van der Waals surface area contributed by atoms with E-state index in [1.807, 2.05) is 0 Å². The predicted octanol–water partition coefficient (Wildman–Crippen LogP) is 2.67. The van der Waals surface area contributed by atoms with Crippen LogP contribution >= 0.6 is 0 Å². The fourth-order valence-electron chi connectivity index (χ4n) is 3.24. The molecule has 0 radical (unpaired) electrons. The molecule has 0 aromatic carbocycles. The first-order valence-corrected chi connectivity index (χ1v) is 6.44. The van der Waals surface area contributed by atoms with Gasteiger partial charge in [-0.3, -0.25) is 4.90 Å². The van der Waals surface area contributed by atoms with Crippen LogP contribution in [0.25, 0.3) is 0 Å². The van der Waals surface area contributed by atoms with Gasteiger partial charge in [0.2, 0.25) is 0 Å². The zero-order chi connectivity index (χ0) is 11.1. The van der Waals surface area contributed by atoms with Gasteiger partial charge >= 0.3 is 0 Å². The Hall–Kier alpha value is -0.0800. The highest BCUT2D eigenvalue weighted by molar-refractivity contribution is 5.01. The van der Waals surface area contributed by atoms with Crippen LogP contribution in [0, 0.1) is 5.92 Å². The van der Waals surface area contributed by atoms with E-state index in [0.717, 1.165) is 25.1 Å². The molecule has 0 bridgehead atoms. The van der Waals surface area contributed by atoms with Gasteiger partial charge in [-0.2, -0.15) is 0 Å². The minimum atomic E-state index is 0.221. The lowest BCUT2D eigenvalue weighted by Gasteiger charge is -2.30. The topological polar surface area (TPSA) is 12.5 Å². The number of hydrogen-bond acceptors (Lipinski definition) is 2. The molecule has 2 atom stereocenters. The summed E-state index contributed by atoms with van der Waals surface area (Å²) in [4.78, 5) is 2.65. The smallest absolute Gasteiger partial charge is 0.0824 e. The van der Waals surface area contributed by atoms with E-state index < -0.39 is 0 Å². The summed E-state index contributed by atoms with van der Waals surface area (Å²) < 4.78 is 6.02. The molecule has 0 N–H and O–H groups in total. The molecule has 2 heterocycles. The zero-order valence-electron chi connectivity index (χ0n) is 10.6. The Bertz CT molecular complexity index is 201. The van der Waals surface area contributed by atoms with Gasteiger partial charge in [0.25, 0.3) is 0 Å². The molecular weight excluding hydrogens is 186 g/mol. The summed E-state index contributed by atoms with van der Waals surface area (Å²) in [5.74, 6) is 0.746. The van der Waals surface area contributed by atoms with E-state index in [0.29, 0.717) is 6.04 Å². The summed E-state index contributed by atoms with van der Waals surface area (Å²) in [6.45, 7) is 11.4. The van der Waals surface area contributed by atoms with Crippen molar-refractivity contribution in [3.63, 3.8) is 0 Å². The molecule has 2 aliphatic heterocycles. The molecule has 2 saturated heterocycles. The van der Waals surface area contributed by atoms with Crippen molar-refractivity contribution in [2.75, 3.05) is 13.2 Å². The van der Waals surface area contributed by atoms with Gasteiger partial charge in [-0.25, -0.2) is 0 Å². The highest BCUT2D eigenvalue weighted by Crippen LogP contribution is 2.41. The lowest BCUT2D eigenvalue weighted by Crippen LogP contribution is -2.39. The van der Waals surface area contributed by atoms with Crippen LogP contribution in [0.15, 0.2) is 0 Å². The van der Waals surface area contributed by atoms with Crippen molar-refractivity contribution in [3.8, 4) is 0 Å². The van der Waals surface area contributed by atoms with Gasteiger partial charge in [0.15, 0.2) is 0 Å².